The van der Waals surface area contributed by atoms with Crippen molar-refractivity contribution < 1.29 is 4.43 Å². The molecular formula is C15H36OSi2. The van der Waals surface area contributed by atoms with Crippen molar-refractivity contribution in [1.29, 1.82) is 0 Å². The Morgan fingerprint density at radius 2 is 1.44 bits per heavy atom. The molecule has 0 radical (unpaired) electrons. The van der Waals surface area contributed by atoms with Gasteiger partial charge in [0.2, 0.25) is 0 Å². The molecule has 0 saturated heterocycles. The highest BCUT2D eigenvalue weighted by atomic mass is 28.4. The Morgan fingerprint density at radius 3 is 1.83 bits per heavy atom. The second-order valence-electron chi connectivity index (χ2n) is 7.18. The highest BCUT2D eigenvalue weighted by molar-refractivity contribution is 6.81. The molecule has 0 amide bonds. The van der Waals surface area contributed by atoms with E-state index in [1.54, 1.807) is 0 Å². The minimum atomic E-state index is -1.47. The van der Waals surface area contributed by atoms with Gasteiger partial charge in [0.05, 0.1) is 8.07 Å². The van der Waals surface area contributed by atoms with Crippen LogP contribution in [0.1, 0.15) is 53.4 Å². The van der Waals surface area contributed by atoms with Gasteiger partial charge in [-0.25, -0.2) is 0 Å². The quantitative estimate of drug-likeness (QED) is 0.485. The highest BCUT2D eigenvalue weighted by Crippen LogP contribution is 2.36. The van der Waals surface area contributed by atoms with Crippen LogP contribution < -0.4 is 0 Å². The topological polar surface area (TPSA) is 9.23 Å². The molecule has 0 aromatic heterocycles. The molecule has 0 aromatic carbocycles. The minimum absolute atomic E-state index is 0.174. The zero-order chi connectivity index (χ0) is 14.4. The molecule has 0 aromatic rings. The maximum absolute atomic E-state index is 6.78. The van der Waals surface area contributed by atoms with Gasteiger partial charge in [0.25, 0.3) is 0 Å². The van der Waals surface area contributed by atoms with Crippen LogP contribution in [0.2, 0.25) is 38.3 Å². The smallest absolute Gasteiger partial charge is 0.187 e. The van der Waals surface area contributed by atoms with Crippen LogP contribution in [-0.4, -0.2) is 21.6 Å². The number of hydrogen-bond donors (Lipinski definition) is 0. The summed E-state index contributed by atoms with van der Waals surface area (Å²) in [6, 6.07) is 2.70. The van der Waals surface area contributed by atoms with Crippen molar-refractivity contribution in [1.82, 2.24) is 0 Å². The third-order valence-electron chi connectivity index (χ3n) is 4.62. The van der Waals surface area contributed by atoms with Crippen molar-refractivity contribution in [2.45, 2.75) is 96.9 Å². The van der Waals surface area contributed by atoms with Crippen molar-refractivity contribution in [3.63, 3.8) is 0 Å². The van der Waals surface area contributed by atoms with Crippen LogP contribution >= 0.6 is 0 Å². The summed E-state index contributed by atoms with van der Waals surface area (Å²) >= 11 is 0. The first-order chi connectivity index (χ1) is 8.14. The maximum Gasteiger partial charge on any atom is 0.187 e. The molecule has 0 aliphatic carbocycles. The third-order valence-corrected chi connectivity index (χ3v) is 12.4. The van der Waals surface area contributed by atoms with Crippen LogP contribution in [0.25, 0.3) is 0 Å². The molecule has 1 atom stereocenters. The monoisotopic (exact) mass is 288 g/mol. The van der Waals surface area contributed by atoms with E-state index in [-0.39, 0.29) is 5.22 Å². The van der Waals surface area contributed by atoms with Gasteiger partial charge in [-0.1, -0.05) is 59.2 Å². The van der Waals surface area contributed by atoms with Crippen LogP contribution in [0.5, 0.6) is 0 Å². The molecule has 18 heavy (non-hydrogen) atoms. The molecule has 1 unspecified atom stereocenters. The Balaban J connectivity index is 4.88. The predicted molar refractivity (Wildman–Crippen MR) is 89.6 cm³/mol. The van der Waals surface area contributed by atoms with Crippen LogP contribution in [0.15, 0.2) is 0 Å². The molecule has 0 bridgehead atoms. The molecule has 0 saturated carbocycles. The van der Waals surface area contributed by atoms with E-state index in [9.17, 15) is 0 Å². The summed E-state index contributed by atoms with van der Waals surface area (Å²) in [5.41, 5.74) is 0. The Morgan fingerprint density at radius 1 is 0.889 bits per heavy atom. The van der Waals surface area contributed by atoms with Gasteiger partial charge >= 0.3 is 0 Å². The Kier molecular flexibility index (Phi) is 7.41. The molecular weight excluding hydrogens is 252 g/mol. The van der Waals surface area contributed by atoms with E-state index in [0.717, 1.165) is 0 Å². The summed E-state index contributed by atoms with van der Waals surface area (Å²) in [5.74, 6) is 0. The lowest BCUT2D eigenvalue weighted by Crippen LogP contribution is -2.58. The van der Waals surface area contributed by atoms with E-state index >= 15 is 0 Å². The minimum Gasteiger partial charge on any atom is -0.415 e. The summed E-state index contributed by atoms with van der Waals surface area (Å²) in [6.07, 6.45) is 5.12. The van der Waals surface area contributed by atoms with Crippen molar-refractivity contribution in [3.05, 3.63) is 0 Å². The normalized spacial score (nSPS) is 16.7. The van der Waals surface area contributed by atoms with Crippen molar-refractivity contribution in [3.8, 4) is 0 Å². The summed E-state index contributed by atoms with van der Waals surface area (Å²) in [5, 5.41) is 0.174. The lowest BCUT2D eigenvalue weighted by Gasteiger charge is -2.47. The molecule has 0 spiro atoms. The second-order valence-corrected chi connectivity index (χ2v) is 16.7. The molecule has 0 rings (SSSR count). The lowest BCUT2D eigenvalue weighted by atomic mass is 10.3. The second kappa shape index (κ2) is 7.25. The highest BCUT2D eigenvalue weighted by Gasteiger charge is 2.45. The number of hydrogen-bond acceptors (Lipinski definition) is 1. The summed E-state index contributed by atoms with van der Waals surface area (Å²) in [6.45, 7) is 19.1. The number of unbranched alkanes of at least 4 members (excludes halogenated alkanes) is 1. The van der Waals surface area contributed by atoms with Crippen molar-refractivity contribution in [2.24, 2.45) is 0 Å². The molecule has 0 N–H and O–H groups in total. The lowest BCUT2D eigenvalue weighted by molar-refractivity contribution is 0.147. The van der Waals surface area contributed by atoms with E-state index in [1.165, 1.54) is 37.8 Å². The van der Waals surface area contributed by atoms with Crippen molar-refractivity contribution in [2.75, 3.05) is 0 Å². The van der Waals surface area contributed by atoms with E-state index in [1.807, 2.05) is 0 Å². The first-order valence-electron chi connectivity index (χ1n) is 7.84. The largest absolute Gasteiger partial charge is 0.415 e. The summed E-state index contributed by atoms with van der Waals surface area (Å²) < 4.78 is 6.78. The third kappa shape index (κ3) is 5.18. The van der Waals surface area contributed by atoms with Gasteiger partial charge in [0.1, 0.15) is 0 Å². The Hall–Kier alpha value is 0.394. The Bertz CT molecular complexity index is 239. The van der Waals surface area contributed by atoms with E-state index in [0.29, 0.717) is 0 Å². The van der Waals surface area contributed by atoms with E-state index < -0.39 is 16.4 Å². The average molecular weight is 289 g/mol. The van der Waals surface area contributed by atoms with Crippen LogP contribution in [-0.2, 0) is 4.43 Å². The zero-order valence-electron chi connectivity index (χ0n) is 14.2. The van der Waals surface area contributed by atoms with Gasteiger partial charge in [-0.3, -0.25) is 0 Å². The molecule has 0 aliphatic rings. The fraction of sp³-hybridized carbons (Fsp3) is 1.00. The zero-order valence-corrected chi connectivity index (χ0v) is 16.2. The molecule has 0 aliphatic heterocycles. The maximum atomic E-state index is 6.78. The van der Waals surface area contributed by atoms with E-state index in [4.69, 9.17) is 4.43 Å². The van der Waals surface area contributed by atoms with E-state index in [2.05, 4.69) is 53.9 Å². The molecule has 3 heteroatoms. The predicted octanol–water partition coefficient (Wildman–Crippen LogP) is 5.83. The van der Waals surface area contributed by atoms with Crippen LogP contribution in [0.3, 0.4) is 0 Å². The standard InChI is InChI=1S/C15H36OSi2/c1-9-12-14-17(5,6)15(4,11-3)16-18(7,8)13-10-2/h9-14H2,1-8H3. The first kappa shape index (κ1) is 18.4. The summed E-state index contributed by atoms with van der Waals surface area (Å²) in [7, 11) is -2.78. The van der Waals surface area contributed by atoms with Gasteiger partial charge in [0, 0.05) is 5.22 Å². The number of rotatable bonds is 9. The van der Waals surface area contributed by atoms with Crippen LogP contribution in [0.4, 0.5) is 0 Å². The fourth-order valence-corrected chi connectivity index (χ4v) is 10.2. The molecule has 0 fully saturated rings. The van der Waals surface area contributed by atoms with Crippen molar-refractivity contribution >= 4 is 16.4 Å². The van der Waals surface area contributed by atoms with Gasteiger partial charge in [-0.2, -0.15) is 0 Å². The molecule has 0 heterocycles. The van der Waals surface area contributed by atoms with Gasteiger partial charge < -0.3 is 4.43 Å². The average Bonchev–Trinajstić information content (AvgIpc) is 2.25. The van der Waals surface area contributed by atoms with Crippen LogP contribution in [0, 0.1) is 0 Å². The molecule has 1 nitrogen and oxygen atoms in total. The fourth-order valence-electron chi connectivity index (χ4n) is 2.83. The SMILES string of the molecule is CCCC[Si](C)(C)C(C)(CC)O[Si](C)(C)CCC. The van der Waals surface area contributed by atoms with Gasteiger partial charge in [-0.15, -0.1) is 0 Å². The summed E-state index contributed by atoms with van der Waals surface area (Å²) in [4.78, 5) is 0. The first-order valence-corrected chi connectivity index (χ1v) is 14.2. The Labute approximate surface area is 118 Å². The van der Waals surface area contributed by atoms with Gasteiger partial charge in [-0.05, 0) is 32.5 Å². The van der Waals surface area contributed by atoms with Gasteiger partial charge in [0.15, 0.2) is 8.32 Å². The molecule has 110 valence electrons.